The van der Waals surface area contributed by atoms with Crippen LogP contribution in [0.1, 0.15) is 36.1 Å². The lowest BCUT2D eigenvalue weighted by Crippen LogP contribution is -2.53. The number of rotatable bonds is 10. The number of anilines is 1. The van der Waals surface area contributed by atoms with Crippen LogP contribution in [-0.2, 0) is 22.8 Å². The maximum atomic E-state index is 13.6. The van der Waals surface area contributed by atoms with E-state index in [2.05, 4.69) is 9.80 Å². The number of likely N-dealkylation sites (tertiary alicyclic amines) is 1. The molecule has 3 heterocycles. The van der Waals surface area contributed by atoms with E-state index < -0.39 is 17.2 Å². The molecule has 8 nitrogen and oxygen atoms in total. The molecule has 2 aliphatic rings. The first-order valence-electron chi connectivity index (χ1n) is 15.0. The molecular formula is C33H41F3N4O4. The SMILES string of the molecule is COc1ccc(N2CCN(CC(=O)N3CCC(CC(N)Cc4ccco4)(c4cccc(C(F)(F)F)c4)CC3)CC2)cc1OC. The number of alkyl halides is 3. The Bertz CT molecular complexity index is 1380. The number of nitrogens with two attached hydrogens (primary N) is 1. The molecule has 1 unspecified atom stereocenters. The van der Waals surface area contributed by atoms with Crippen LogP contribution < -0.4 is 20.1 Å². The number of carbonyl (C=O) groups excluding carboxylic acids is 1. The molecule has 0 saturated carbocycles. The van der Waals surface area contributed by atoms with Gasteiger partial charge >= 0.3 is 6.18 Å². The Balaban J connectivity index is 1.21. The highest BCUT2D eigenvalue weighted by Crippen LogP contribution is 2.42. The minimum Gasteiger partial charge on any atom is -0.493 e. The van der Waals surface area contributed by atoms with Crippen LogP contribution in [0.3, 0.4) is 0 Å². The molecule has 0 aliphatic carbocycles. The monoisotopic (exact) mass is 614 g/mol. The number of piperazine rings is 1. The number of furan rings is 1. The Kier molecular flexibility index (Phi) is 9.75. The maximum absolute atomic E-state index is 13.6. The molecule has 0 spiro atoms. The minimum atomic E-state index is -4.44. The third kappa shape index (κ3) is 7.32. The first kappa shape index (κ1) is 31.7. The fourth-order valence-corrected chi connectivity index (χ4v) is 6.56. The highest BCUT2D eigenvalue weighted by Gasteiger charge is 2.40. The molecule has 2 saturated heterocycles. The van der Waals surface area contributed by atoms with Gasteiger partial charge < -0.3 is 29.4 Å². The number of hydrogen-bond donors (Lipinski definition) is 1. The van der Waals surface area contributed by atoms with E-state index in [9.17, 15) is 18.0 Å². The Morgan fingerprint density at radius 3 is 2.32 bits per heavy atom. The first-order valence-corrected chi connectivity index (χ1v) is 15.0. The summed E-state index contributed by atoms with van der Waals surface area (Å²) in [5.74, 6) is 2.15. The standard InChI is InChI=1S/C33H41F3N4O4/c1-42-29-9-8-27(21-30(29)43-2)39-16-14-38(15-17-39)23-31(41)40-12-10-32(11-13-40,22-26(37)20-28-7-4-18-44-28)24-5-3-6-25(19-24)33(34,35)36/h3-9,18-19,21,26H,10-17,20,22-23,37H2,1-2H3. The van der Waals surface area contributed by atoms with Gasteiger partial charge in [-0.1, -0.05) is 18.2 Å². The van der Waals surface area contributed by atoms with Crippen molar-refractivity contribution in [3.8, 4) is 11.5 Å². The summed E-state index contributed by atoms with van der Waals surface area (Å²) in [4.78, 5) is 19.7. The van der Waals surface area contributed by atoms with E-state index in [1.807, 2.05) is 29.2 Å². The number of hydrogen-bond acceptors (Lipinski definition) is 7. The van der Waals surface area contributed by atoms with Gasteiger partial charge in [-0.15, -0.1) is 0 Å². The maximum Gasteiger partial charge on any atom is 0.416 e. The fraction of sp³-hybridized carbons (Fsp3) is 0.485. The normalized spacial score (nSPS) is 18.2. The summed E-state index contributed by atoms with van der Waals surface area (Å²) < 4.78 is 57.2. The predicted molar refractivity (Wildman–Crippen MR) is 162 cm³/mol. The van der Waals surface area contributed by atoms with E-state index >= 15 is 0 Å². The van der Waals surface area contributed by atoms with Gasteiger partial charge in [0.05, 0.1) is 32.6 Å². The van der Waals surface area contributed by atoms with Gasteiger partial charge in [0.2, 0.25) is 5.91 Å². The van der Waals surface area contributed by atoms with E-state index in [0.717, 1.165) is 43.7 Å². The number of benzene rings is 2. The van der Waals surface area contributed by atoms with Gasteiger partial charge in [0.15, 0.2) is 11.5 Å². The van der Waals surface area contributed by atoms with Gasteiger partial charge in [-0.25, -0.2) is 0 Å². The van der Waals surface area contributed by atoms with Gasteiger partial charge in [-0.05, 0) is 55.2 Å². The van der Waals surface area contributed by atoms with Gasteiger partial charge in [-0.2, -0.15) is 13.2 Å². The second kappa shape index (κ2) is 13.5. The van der Waals surface area contributed by atoms with Crippen molar-refractivity contribution in [2.75, 3.05) is 64.9 Å². The molecule has 1 aromatic heterocycles. The number of ether oxygens (including phenoxy) is 2. The zero-order valence-corrected chi connectivity index (χ0v) is 25.3. The van der Waals surface area contributed by atoms with Crippen molar-refractivity contribution in [3.63, 3.8) is 0 Å². The minimum absolute atomic E-state index is 0.0436. The molecule has 1 amide bonds. The van der Waals surface area contributed by atoms with Crippen molar-refractivity contribution < 1.29 is 31.9 Å². The summed E-state index contributed by atoms with van der Waals surface area (Å²) in [6.07, 6.45) is -0.781. The van der Waals surface area contributed by atoms with Gasteiger partial charge in [0, 0.05) is 68.9 Å². The molecule has 11 heteroatoms. The van der Waals surface area contributed by atoms with Crippen LogP contribution in [0.15, 0.2) is 65.3 Å². The number of halogens is 3. The summed E-state index contributed by atoms with van der Waals surface area (Å²) in [6.45, 7) is 4.27. The number of methoxy groups -OCH3 is 2. The van der Waals surface area contributed by atoms with Gasteiger partial charge in [0.1, 0.15) is 5.76 Å². The summed E-state index contributed by atoms with van der Waals surface area (Å²) >= 11 is 0. The Labute approximate surface area is 256 Å². The predicted octanol–water partition coefficient (Wildman–Crippen LogP) is 4.96. The van der Waals surface area contributed by atoms with Crippen molar-refractivity contribution >= 4 is 11.6 Å². The molecule has 3 aromatic rings. The average Bonchev–Trinajstić information content (AvgIpc) is 3.54. The number of piperidine rings is 1. The summed E-state index contributed by atoms with van der Waals surface area (Å²) in [5.41, 5.74) is 6.98. The molecule has 5 rings (SSSR count). The van der Waals surface area contributed by atoms with Crippen LogP contribution >= 0.6 is 0 Å². The van der Waals surface area contributed by atoms with E-state index in [1.165, 1.54) is 12.1 Å². The van der Waals surface area contributed by atoms with Crippen LogP contribution in [0.2, 0.25) is 0 Å². The van der Waals surface area contributed by atoms with Crippen LogP contribution in [0.4, 0.5) is 18.9 Å². The smallest absolute Gasteiger partial charge is 0.416 e. The molecular weight excluding hydrogens is 573 g/mol. The van der Waals surface area contributed by atoms with Crippen LogP contribution in [0.25, 0.3) is 0 Å². The lowest BCUT2D eigenvalue weighted by atomic mass is 9.68. The zero-order valence-electron chi connectivity index (χ0n) is 25.3. The highest BCUT2D eigenvalue weighted by atomic mass is 19.4. The van der Waals surface area contributed by atoms with Gasteiger partial charge in [-0.3, -0.25) is 9.69 Å². The van der Waals surface area contributed by atoms with E-state index in [-0.39, 0.29) is 11.9 Å². The number of nitrogens with zero attached hydrogens (tertiary/aromatic N) is 3. The van der Waals surface area contributed by atoms with E-state index in [0.29, 0.717) is 62.4 Å². The fourth-order valence-electron chi connectivity index (χ4n) is 6.56. The van der Waals surface area contributed by atoms with Crippen molar-refractivity contribution in [1.29, 1.82) is 0 Å². The van der Waals surface area contributed by atoms with Crippen LogP contribution in [0.5, 0.6) is 11.5 Å². The van der Waals surface area contributed by atoms with Crippen molar-refractivity contribution in [3.05, 3.63) is 77.7 Å². The Hall–Kier alpha value is -3.70. The van der Waals surface area contributed by atoms with Crippen molar-refractivity contribution in [2.24, 2.45) is 5.73 Å². The first-order chi connectivity index (χ1) is 21.1. The van der Waals surface area contributed by atoms with Gasteiger partial charge in [0.25, 0.3) is 0 Å². The molecule has 2 fully saturated rings. The lowest BCUT2D eigenvalue weighted by molar-refractivity contribution is -0.137. The summed E-state index contributed by atoms with van der Waals surface area (Å²) in [5, 5.41) is 0. The molecule has 0 bridgehead atoms. The summed E-state index contributed by atoms with van der Waals surface area (Å²) in [6, 6.07) is 14.8. The molecule has 44 heavy (non-hydrogen) atoms. The highest BCUT2D eigenvalue weighted by molar-refractivity contribution is 5.78. The average molecular weight is 615 g/mol. The van der Waals surface area contributed by atoms with Crippen molar-refractivity contribution in [1.82, 2.24) is 9.80 Å². The Morgan fingerprint density at radius 2 is 1.68 bits per heavy atom. The second-order valence-corrected chi connectivity index (χ2v) is 11.8. The van der Waals surface area contributed by atoms with E-state index in [1.54, 1.807) is 32.6 Å². The quantitative estimate of drug-likeness (QED) is 0.346. The molecule has 1 atom stereocenters. The lowest BCUT2D eigenvalue weighted by Gasteiger charge is -2.44. The largest absolute Gasteiger partial charge is 0.493 e. The Morgan fingerprint density at radius 1 is 0.955 bits per heavy atom. The van der Waals surface area contributed by atoms with E-state index in [4.69, 9.17) is 19.6 Å². The second-order valence-electron chi connectivity index (χ2n) is 11.8. The van der Waals surface area contributed by atoms with Crippen LogP contribution in [-0.4, -0.2) is 81.8 Å². The third-order valence-electron chi connectivity index (χ3n) is 9.04. The molecule has 2 N–H and O–H groups in total. The molecule has 2 aromatic carbocycles. The zero-order chi connectivity index (χ0) is 31.3. The molecule has 2 aliphatic heterocycles. The topological polar surface area (TPSA) is 84.4 Å². The van der Waals surface area contributed by atoms with Crippen LogP contribution in [0, 0.1) is 0 Å². The number of carbonyl (C=O) groups is 1. The number of amides is 1. The van der Waals surface area contributed by atoms with Crippen molar-refractivity contribution in [2.45, 2.75) is 43.3 Å². The third-order valence-corrected chi connectivity index (χ3v) is 9.04. The molecule has 238 valence electrons. The summed E-state index contributed by atoms with van der Waals surface area (Å²) in [7, 11) is 3.23. The molecule has 0 radical (unpaired) electrons.